The summed E-state index contributed by atoms with van der Waals surface area (Å²) >= 11 is 0. The van der Waals surface area contributed by atoms with Gasteiger partial charge in [-0.25, -0.2) is 0 Å². The van der Waals surface area contributed by atoms with Crippen LogP contribution in [0.5, 0.6) is 0 Å². The lowest BCUT2D eigenvalue weighted by molar-refractivity contribution is 0.881. The molecule has 0 aliphatic rings. The lowest BCUT2D eigenvalue weighted by Crippen LogP contribution is -2.39. The van der Waals surface area contributed by atoms with Gasteiger partial charge in [0.2, 0.25) is 0 Å². The van der Waals surface area contributed by atoms with E-state index in [0.717, 1.165) is 11.1 Å². The maximum Gasteiger partial charge on any atom is 0.0661 e. The van der Waals surface area contributed by atoms with Gasteiger partial charge in [-0.05, 0) is 12.1 Å². The fourth-order valence-electron chi connectivity index (χ4n) is 2.23. The van der Waals surface area contributed by atoms with Gasteiger partial charge in [0.25, 0.3) is 0 Å². The molecule has 0 fully saturated rings. The second kappa shape index (κ2) is 5.43. The minimum atomic E-state index is -1.19. The Kier molecular flexibility index (Phi) is 5.31. The standard InChI is InChI=1S/C12H24Si/c1-7-9-13(10-8-2,11(3)4)12(5)6/h7-8,11-12H,1-2,9-10H2,3-6H3. The van der Waals surface area contributed by atoms with Gasteiger partial charge in [0, 0.05) is 0 Å². The van der Waals surface area contributed by atoms with Crippen LogP contribution in [0.15, 0.2) is 25.3 Å². The quantitative estimate of drug-likeness (QED) is 0.429. The Hall–Kier alpha value is -0.303. The molecule has 0 saturated carbocycles. The molecular weight excluding hydrogens is 172 g/mol. The van der Waals surface area contributed by atoms with Crippen LogP contribution in [0.1, 0.15) is 27.7 Å². The summed E-state index contributed by atoms with van der Waals surface area (Å²) in [5, 5.41) is 0. The molecule has 76 valence electrons. The predicted molar refractivity (Wildman–Crippen MR) is 66.0 cm³/mol. The molecule has 0 aliphatic heterocycles. The van der Waals surface area contributed by atoms with Crippen molar-refractivity contribution in [3.63, 3.8) is 0 Å². The summed E-state index contributed by atoms with van der Waals surface area (Å²) in [6, 6.07) is 2.46. The van der Waals surface area contributed by atoms with Crippen molar-refractivity contribution in [2.75, 3.05) is 0 Å². The highest BCUT2D eigenvalue weighted by Crippen LogP contribution is 2.39. The molecule has 0 atom stereocenters. The second-order valence-corrected chi connectivity index (χ2v) is 10.1. The minimum Gasteiger partial charge on any atom is -0.103 e. The van der Waals surface area contributed by atoms with E-state index in [-0.39, 0.29) is 0 Å². The van der Waals surface area contributed by atoms with Gasteiger partial charge in [-0.1, -0.05) is 50.9 Å². The van der Waals surface area contributed by atoms with E-state index in [9.17, 15) is 0 Å². The molecule has 1 heteroatoms. The first-order chi connectivity index (χ1) is 6.01. The zero-order chi connectivity index (χ0) is 10.5. The molecular formula is C12H24Si. The van der Waals surface area contributed by atoms with Crippen LogP contribution in [0.25, 0.3) is 0 Å². The third-order valence-electron chi connectivity index (χ3n) is 3.35. The van der Waals surface area contributed by atoms with Crippen molar-refractivity contribution < 1.29 is 0 Å². The summed E-state index contributed by atoms with van der Waals surface area (Å²) in [4.78, 5) is 0. The van der Waals surface area contributed by atoms with Crippen LogP contribution in [0.2, 0.25) is 23.2 Å². The van der Waals surface area contributed by atoms with Crippen LogP contribution >= 0.6 is 0 Å². The molecule has 0 heterocycles. The van der Waals surface area contributed by atoms with Crippen LogP contribution in [-0.4, -0.2) is 8.07 Å². The van der Waals surface area contributed by atoms with Crippen molar-refractivity contribution in [1.29, 1.82) is 0 Å². The molecule has 0 saturated heterocycles. The van der Waals surface area contributed by atoms with Crippen LogP contribution in [0.3, 0.4) is 0 Å². The van der Waals surface area contributed by atoms with Gasteiger partial charge in [-0.2, -0.15) is 0 Å². The van der Waals surface area contributed by atoms with Crippen LogP contribution < -0.4 is 0 Å². The summed E-state index contributed by atoms with van der Waals surface area (Å²) in [7, 11) is -1.19. The minimum absolute atomic E-state index is 0.823. The molecule has 0 rings (SSSR count). The monoisotopic (exact) mass is 196 g/mol. The molecule has 0 aromatic carbocycles. The van der Waals surface area contributed by atoms with E-state index < -0.39 is 8.07 Å². The zero-order valence-corrected chi connectivity index (χ0v) is 10.6. The lowest BCUT2D eigenvalue weighted by Gasteiger charge is -2.38. The van der Waals surface area contributed by atoms with Crippen molar-refractivity contribution in [3.8, 4) is 0 Å². The highest BCUT2D eigenvalue weighted by Gasteiger charge is 2.36. The van der Waals surface area contributed by atoms with Gasteiger partial charge in [-0.15, -0.1) is 13.2 Å². The Bertz CT molecular complexity index is 148. The van der Waals surface area contributed by atoms with Gasteiger partial charge in [-0.3, -0.25) is 0 Å². The Labute approximate surface area is 84.8 Å². The molecule has 0 radical (unpaired) electrons. The summed E-state index contributed by atoms with van der Waals surface area (Å²) in [5.41, 5.74) is 1.65. The first-order valence-corrected chi connectivity index (χ1v) is 7.80. The van der Waals surface area contributed by atoms with Crippen LogP contribution in [0.4, 0.5) is 0 Å². The maximum absolute atomic E-state index is 3.89. The molecule has 0 nitrogen and oxygen atoms in total. The predicted octanol–water partition coefficient (Wildman–Crippen LogP) is 4.63. The Morgan fingerprint density at radius 1 is 0.923 bits per heavy atom. The highest BCUT2D eigenvalue weighted by atomic mass is 28.3. The molecule has 0 spiro atoms. The fraction of sp³-hybridized carbons (Fsp3) is 0.667. The van der Waals surface area contributed by atoms with E-state index in [4.69, 9.17) is 0 Å². The summed E-state index contributed by atoms with van der Waals surface area (Å²) in [6.07, 6.45) is 4.21. The molecule has 13 heavy (non-hydrogen) atoms. The number of hydrogen-bond donors (Lipinski definition) is 0. The molecule has 0 aromatic heterocycles. The van der Waals surface area contributed by atoms with E-state index in [1.165, 1.54) is 12.1 Å². The highest BCUT2D eigenvalue weighted by molar-refractivity contribution is 6.83. The third kappa shape index (κ3) is 2.83. The molecule has 0 aromatic rings. The smallest absolute Gasteiger partial charge is 0.0661 e. The van der Waals surface area contributed by atoms with Crippen molar-refractivity contribution in [2.45, 2.75) is 50.9 Å². The average molecular weight is 196 g/mol. The van der Waals surface area contributed by atoms with Gasteiger partial charge >= 0.3 is 0 Å². The molecule has 0 aliphatic carbocycles. The second-order valence-electron chi connectivity index (χ2n) is 4.53. The molecule has 0 unspecified atom stereocenters. The third-order valence-corrected chi connectivity index (χ3v) is 10.0. The SMILES string of the molecule is C=CC[Si](CC=C)(C(C)C)C(C)C. The van der Waals surface area contributed by atoms with Crippen LogP contribution in [0, 0.1) is 0 Å². The average Bonchev–Trinajstić information content (AvgIpc) is 2.03. The van der Waals surface area contributed by atoms with Gasteiger partial charge in [0.05, 0.1) is 8.07 Å². The van der Waals surface area contributed by atoms with Crippen molar-refractivity contribution >= 4 is 8.07 Å². The van der Waals surface area contributed by atoms with Gasteiger partial charge in [0.1, 0.15) is 0 Å². The fourth-order valence-corrected chi connectivity index (χ4v) is 6.69. The number of hydrogen-bond acceptors (Lipinski definition) is 0. The Morgan fingerprint density at radius 2 is 1.23 bits per heavy atom. The molecule has 0 bridgehead atoms. The summed E-state index contributed by atoms with van der Waals surface area (Å²) in [5.74, 6) is 0. The molecule has 0 N–H and O–H groups in total. The topological polar surface area (TPSA) is 0 Å². The first-order valence-electron chi connectivity index (χ1n) is 5.23. The summed E-state index contributed by atoms with van der Waals surface area (Å²) < 4.78 is 0. The van der Waals surface area contributed by atoms with Crippen molar-refractivity contribution in [3.05, 3.63) is 25.3 Å². The van der Waals surface area contributed by atoms with Gasteiger partial charge < -0.3 is 0 Å². The normalized spacial score (nSPS) is 12.2. The van der Waals surface area contributed by atoms with Crippen molar-refractivity contribution in [2.24, 2.45) is 0 Å². The Balaban J connectivity index is 4.78. The number of rotatable bonds is 6. The van der Waals surface area contributed by atoms with E-state index >= 15 is 0 Å². The van der Waals surface area contributed by atoms with E-state index in [1.807, 2.05) is 0 Å². The van der Waals surface area contributed by atoms with E-state index in [2.05, 4.69) is 53.0 Å². The molecule has 0 amide bonds. The zero-order valence-electron chi connectivity index (χ0n) is 9.64. The first kappa shape index (κ1) is 12.7. The number of allylic oxidation sites excluding steroid dienone is 2. The van der Waals surface area contributed by atoms with Crippen LogP contribution in [-0.2, 0) is 0 Å². The van der Waals surface area contributed by atoms with Crippen molar-refractivity contribution in [1.82, 2.24) is 0 Å². The largest absolute Gasteiger partial charge is 0.103 e. The van der Waals surface area contributed by atoms with E-state index in [0.29, 0.717) is 0 Å². The summed E-state index contributed by atoms with van der Waals surface area (Å²) in [6.45, 7) is 17.2. The maximum atomic E-state index is 3.89. The van der Waals surface area contributed by atoms with E-state index in [1.54, 1.807) is 0 Å². The van der Waals surface area contributed by atoms with Gasteiger partial charge in [0.15, 0.2) is 0 Å². The Morgan fingerprint density at radius 3 is 1.38 bits per heavy atom. The lowest BCUT2D eigenvalue weighted by atomic mass is 10.5.